The summed E-state index contributed by atoms with van der Waals surface area (Å²) in [7, 11) is -1.25. The molecule has 1 heterocycles. The number of nitrogens with one attached hydrogen (secondary N) is 1. The van der Waals surface area contributed by atoms with Gasteiger partial charge in [-0.15, -0.1) is 0 Å². The van der Waals surface area contributed by atoms with E-state index in [2.05, 4.69) is 43.8 Å². The van der Waals surface area contributed by atoms with E-state index in [9.17, 15) is 14.9 Å². The number of hydrogen-bond donors (Lipinski definition) is 1. The second-order valence-corrected chi connectivity index (χ2v) is 10.7. The summed E-state index contributed by atoms with van der Waals surface area (Å²) >= 11 is 0. The van der Waals surface area contributed by atoms with E-state index in [0.29, 0.717) is 38.0 Å². The van der Waals surface area contributed by atoms with Crippen molar-refractivity contribution in [3.8, 4) is 6.07 Å². The van der Waals surface area contributed by atoms with Gasteiger partial charge in [0.15, 0.2) is 6.29 Å². The summed E-state index contributed by atoms with van der Waals surface area (Å²) < 4.78 is 25.4. The molecule has 206 valence electrons. The van der Waals surface area contributed by atoms with Crippen molar-refractivity contribution >= 4 is 20.1 Å². The Morgan fingerprint density at radius 1 is 1.22 bits per heavy atom. The van der Waals surface area contributed by atoms with Gasteiger partial charge in [-0.2, -0.15) is 5.26 Å². The lowest BCUT2D eigenvalue weighted by atomic mass is 10.1. The lowest BCUT2D eigenvalue weighted by Crippen LogP contribution is -2.33. The van der Waals surface area contributed by atoms with E-state index in [1.165, 1.54) is 6.07 Å². The first-order chi connectivity index (χ1) is 17.7. The number of ether oxygens (including phenoxy) is 2. The Morgan fingerprint density at radius 2 is 1.92 bits per heavy atom. The summed E-state index contributed by atoms with van der Waals surface area (Å²) in [6.07, 6.45) is 1.85. The van der Waals surface area contributed by atoms with E-state index >= 15 is 0 Å². The van der Waals surface area contributed by atoms with Gasteiger partial charge in [-0.05, 0) is 46.6 Å². The Bertz CT molecular complexity index is 888. The third-order valence-corrected chi connectivity index (χ3v) is 7.72. The molecule has 11 nitrogen and oxygen atoms in total. The molecule has 37 heavy (non-hydrogen) atoms. The molecule has 1 aliphatic rings. The van der Waals surface area contributed by atoms with Crippen LogP contribution in [0.2, 0.25) is 0 Å². The number of nitrogens with zero attached hydrogens (tertiary/aromatic N) is 3. The number of hydrogen-bond acceptors (Lipinski definition) is 9. The summed E-state index contributed by atoms with van der Waals surface area (Å²) in [5.74, 6) is -0.102. The van der Waals surface area contributed by atoms with Crippen molar-refractivity contribution in [2.75, 3.05) is 26.4 Å². The van der Waals surface area contributed by atoms with E-state index in [0.717, 1.165) is 12.8 Å². The molecule has 3 unspecified atom stereocenters. The number of carbonyl (C=O) groups is 1. The van der Waals surface area contributed by atoms with Gasteiger partial charge >= 0.3 is 0 Å². The second-order valence-electron chi connectivity index (χ2n) is 9.20. The van der Waals surface area contributed by atoms with Crippen LogP contribution in [0.15, 0.2) is 24.3 Å². The first kappa shape index (κ1) is 31.0. The number of unbranched alkanes of at least 4 members (excludes halogenated alkanes) is 2. The monoisotopic (exact) mass is 538 g/mol. The molecule has 0 aromatic heterocycles. The molecule has 2 rings (SSSR count). The molecule has 1 amide bonds. The second kappa shape index (κ2) is 16.6. The van der Waals surface area contributed by atoms with Crippen molar-refractivity contribution in [3.63, 3.8) is 0 Å². The topological polar surface area (TPSA) is 136 Å². The average Bonchev–Trinajstić information content (AvgIpc) is 3.33. The standard InChI is InChI=1S/C25H39N4O7P/c1-19(2)28(20(3)4)37(35-16-10-14-26)34-15-9-5-6-13-24(30)27-17-25-33-18-23(36-25)21-11-7-8-12-22(21)29(31)32/h7-8,11-12,19-20,23,25H,5-6,9-10,13,15-18H2,1-4H3,(H,27,30). The maximum atomic E-state index is 12.2. The molecule has 1 aromatic rings. The number of para-hydroxylation sites is 1. The van der Waals surface area contributed by atoms with Crippen molar-refractivity contribution < 1.29 is 28.2 Å². The molecule has 1 saturated heterocycles. The highest BCUT2D eigenvalue weighted by Gasteiger charge is 2.32. The minimum atomic E-state index is -1.25. The Balaban J connectivity index is 1.65. The molecule has 0 radical (unpaired) electrons. The Hall–Kier alpha value is -2.19. The number of carbonyl (C=O) groups excluding carboxylic acids is 1. The molecule has 1 aliphatic heterocycles. The van der Waals surface area contributed by atoms with Gasteiger partial charge in [-0.1, -0.05) is 18.6 Å². The van der Waals surface area contributed by atoms with E-state index < -0.39 is 25.8 Å². The SMILES string of the molecule is CC(C)N(C(C)C)P(OCCC#N)OCCCCCC(=O)NCC1OCC(c2ccccc2[N+](=O)[O-])O1. The third kappa shape index (κ3) is 10.6. The van der Waals surface area contributed by atoms with Crippen LogP contribution in [0.25, 0.3) is 0 Å². The van der Waals surface area contributed by atoms with Crippen molar-refractivity contribution in [2.24, 2.45) is 0 Å². The fourth-order valence-electron chi connectivity index (χ4n) is 3.96. The summed E-state index contributed by atoms with van der Waals surface area (Å²) in [6.45, 7) is 9.62. The molecule has 3 atom stereocenters. The molecule has 0 spiro atoms. The van der Waals surface area contributed by atoms with E-state index in [1.807, 2.05) is 0 Å². The minimum absolute atomic E-state index is 0.00724. The van der Waals surface area contributed by atoms with Crippen molar-refractivity contribution in [2.45, 2.75) is 84.3 Å². The predicted molar refractivity (Wildman–Crippen MR) is 139 cm³/mol. The number of rotatable bonds is 17. The quantitative estimate of drug-likeness (QED) is 0.126. The molecule has 12 heteroatoms. The molecule has 1 N–H and O–H groups in total. The molecule has 1 aromatic carbocycles. The van der Waals surface area contributed by atoms with Gasteiger partial charge in [-0.25, -0.2) is 4.67 Å². The predicted octanol–water partition coefficient (Wildman–Crippen LogP) is 4.98. The van der Waals surface area contributed by atoms with Crippen molar-refractivity contribution in [1.29, 1.82) is 5.26 Å². The zero-order valence-corrected chi connectivity index (χ0v) is 23.0. The zero-order valence-electron chi connectivity index (χ0n) is 22.1. The number of benzene rings is 1. The van der Waals surface area contributed by atoms with Crippen molar-refractivity contribution in [3.05, 3.63) is 39.9 Å². The Kier molecular flexibility index (Phi) is 13.9. The average molecular weight is 539 g/mol. The first-order valence-corrected chi connectivity index (χ1v) is 13.9. The molecule has 0 saturated carbocycles. The lowest BCUT2D eigenvalue weighted by Gasteiger charge is -2.35. The maximum absolute atomic E-state index is 12.2. The van der Waals surface area contributed by atoms with Gasteiger partial charge < -0.3 is 23.8 Å². The van der Waals surface area contributed by atoms with Crippen molar-refractivity contribution in [1.82, 2.24) is 9.99 Å². The molecule has 0 bridgehead atoms. The van der Waals surface area contributed by atoms with Gasteiger partial charge in [0.2, 0.25) is 5.91 Å². The summed E-state index contributed by atoms with van der Waals surface area (Å²) in [4.78, 5) is 23.0. The smallest absolute Gasteiger partial charge is 0.275 e. The number of nitro benzene ring substituents is 1. The largest absolute Gasteiger partial charge is 0.351 e. The Morgan fingerprint density at radius 3 is 2.59 bits per heavy atom. The number of amides is 1. The minimum Gasteiger partial charge on any atom is -0.351 e. The van der Waals surface area contributed by atoms with Crippen LogP contribution in [-0.2, 0) is 23.3 Å². The van der Waals surface area contributed by atoms with E-state index in [-0.39, 0.29) is 36.8 Å². The normalized spacial score (nSPS) is 18.3. The van der Waals surface area contributed by atoms with Crippen LogP contribution in [0.5, 0.6) is 0 Å². The van der Waals surface area contributed by atoms with Crippen LogP contribution in [0.4, 0.5) is 5.69 Å². The number of nitriles is 1. The summed E-state index contributed by atoms with van der Waals surface area (Å²) in [6, 6.07) is 9.02. The highest BCUT2D eigenvalue weighted by molar-refractivity contribution is 7.44. The molecular formula is C25H39N4O7P. The Labute approximate surface area is 220 Å². The third-order valence-electron chi connectivity index (χ3n) is 5.61. The van der Waals surface area contributed by atoms with Gasteiger partial charge in [0.25, 0.3) is 14.2 Å². The van der Waals surface area contributed by atoms with Gasteiger partial charge in [-0.3, -0.25) is 14.9 Å². The fraction of sp³-hybridized carbons (Fsp3) is 0.680. The van der Waals surface area contributed by atoms with Gasteiger partial charge in [0.1, 0.15) is 6.10 Å². The van der Waals surface area contributed by atoms with Crippen LogP contribution < -0.4 is 5.32 Å². The van der Waals surface area contributed by atoms with Crippen LogP contribution in [-0.4, -0.2) is 60.2 Å². The van der Waals surface area contributed by atoms with E-state index in [1.54, 1.807) is 18.2 Å². The van der Waals surface area contributed by atoms with Gasteiger partial charge in [0, 0.05) is 24.6 Å². The van der Waals surface area contributed by atoms with Gasteiger partial charge in [0.05, 0.1) is 49.3 Å². The highest BCUT2D eigenvalue weighted by atomic mass is 31.2. The molecule has 0 aliphatic carbocycles. The molecular weight excluding hydrogens is 499 g/mol. The molecule has 1 fully saturated rings. The zero-order chi connectivity index (χ0) is 27.2. The summed E-state index contributed by atoms with van der Waals surface area (Å²) in [5.41, 5.74) is 0.458. The fourth-order valence-corrected chi connectivity index (χ4v) is 5.59. The number of nitro groups is 1. The maximum Gasteiger partial charge on any atom is 0.275 e. The lowest BCUT2D eigenvalue weighted by molar-refractivity contribution is -0.386. The van der Waals surface area contributed by atoms with Crippen LogP contribution in [0, 0.1) is 21.4 Å². The van der Waals surface area contributed by atoms with Crippen LogP contribution in [0.3, 0.4) is 0 Å². The van der Waals surface area contributed by atoms with E-state index in [4.69, 9.17) is 23.8 Å². The van der Waals surface area contributed by atoms with Crippen LogP contribution >= 0.6 is 8.53 Å². The van der Waals surface area contributed by atoms with Crippen LogP contribution in [0.1, 0.15) is 71.5 Å². The first-order valence-electron chi connectivity index (χ1n) is 12.7. The summed E-state index contributed by atoms with van der Waals surface area (Å²) in [5, 5.41) is 22.8. The highest BCUT2D eigenvalue weighted by Crippen LogP contribution is 2.46.